The number of rotatable bonds is 6. The van der Waals surface area contributed by atoms with Crippen molar-refractivity contribution < 1.29 is 19.1 Å². The van der Waals surface area contributed by atoms with E-state index in [1.54, 1.807) is 14.2 Å². The molecule has 2 amide bonds. The van der Waals surface area contributed by atoms with Gasteiger partial charge in [0.1, 0.15) is 11.5 Å². The van der Waals surface area contributed by atoms with E-state index in [4.69, 9.17) is 15.2 Å². The second kappa shape index (κ2) is 8.04. The van der Waals surface area contributed by atoms with Crippen LogP contribution in [0.4, 0.5) is 0 Å². The first kappa shape index (κ1) is 18.1. The van der Waals surface area contributed by atoms with Crippen LogP contribution in [0.5, 0.6) is 11.5 Å². The quantitative estimate of drug-likeness (QED) is 0.862. The number of primary amides is 1. The van der Waals surface area contributed by atoms with Gasteiger partial charge in [-0.05, 0) is 30.4 Å². The third kappa shape index (κ3) is 4.19. The van der Waals surface area contributed by atoms with Gasteiger partial charge in [-0.25, -0.2) is 0 Å². The molecule has 1 aromatic rings. The lowest BCUT2D eigenvalue weighted by atomic mass is 9.93. The van der Waals surface area contributed by atoms with Crippen molar-refractivity contribution in [2.45, 2.75) is 32.1 Å². The summed E-state index contributed by atoms with van der Waals surface area (Å²) >= 11 is 0. The molecule has 132 valence electrons. The van der Waals surface area contributed by atoms with Gasteiger partial charge in [0.05, 0.1) is 14.2 Å². The Bertz CT molecular complexity index is 595. The lowest BCUT2D eigenvalue weighted by Gasteiger charge is -2.31. The van der Waals surface area contributed by atoms with Crippen molar-refractivity contribution in [3.05, 3.63) is 23.8 Å². The molecule has 1 aliphatic heterocycles. The molecule has 1 heterocycles. The van der Waals surface area contributed by atoms with Crippen LogP contribution in [0.15, 0.2) is 18.2 Å². The summed E-state index contributed by atoms with van der Waals surface area (Å²) in [6.45, 7) is 3.20. The summed E-state index contributed by atoms with van der Waals surface area (Å²) < 4.78 is 10.6. The smallest absolute Gasteiger partial charge is 0.223 e. The number of piperidine rings is 1. The van der Waals surface area contributed by atoms with Gasteiger partial charge < -0.3 is 20.1 Å². The Morgan fingerprint density at radius 1 is 1.25 bits per heavy atom. The maximum absolute atomic E-state index is 12.5. The van der Waals surface area contributed by atoms with Gasteiger partial charge in [0.15, 0.2) is 0 Å². The van der Waals surface area contributed by atoms with Crippen LogP contribution in [0, 0.1) is 5.92 Å². The molecule has 0 saturated carbocycles. The summed E-state index contributed by atoms with van der Waals surface area (Å²) in [6.07, 6.45) is 1.71. The van der Waals surface area contributed by atoms with E-state index in [0.29, 0.717) is 32.4 Å². The number of hydrogen-bond acceptors (Lipinski definition) is 4. The van der Waals surface area contributed by atoms with Crippen molar-refractivity contribution in [3.8, 4) is 11.5 Å². The molecule has 1 fully saturated rings. The van der Waals surface area contributed by atoms with Crippen LogP contribution in [-0.2, 0) is 9.59 Å². The first-order valence-corrected chi connectivity index (χ1v) is 8.25. The molecule has 24 heavy (non-hydrogen) atoms. The van der Waals surface area contributed by atoms with Gasteiger partial charge in [-0.1, -0.05) is 13.0 Å². The topological polar surface area (TPSA) is 81.9 Å². The first-order chi connectivity index (χ1) is 11.5. The van der Waals surface area contributed by atoms with E-state index in [-0.39, 0.29) is 23.7 Å². The highest BCUT2D eigenvalue weighted by Crippen LogP contribution is 2.32. The van der Waals surface area contributed by atoms with Crippen LogP contribution in [0.3, 0.4) is 0 Å². The van der Waals surface area contributed by atoms with Crippen LogP contribution < -0.4 is 15.2 Å². The van der Waals surface area contributed by atoms with Crippen LogP contribution >= 0.6 is 0 Å². The molecule has 2 N–H and O–H groups in total. The molecule has 1 saturated heterocycles. The summed E-state index contributed by atoms with van der Waals surface area (Å²) in [5, 5.41) is 0. The van der Waals surface area contributed by atoms with E-state index in [0.717, 1.165) is 17.1 Å². The fourth-order valence-corrected chi connectivity index (χ4v) is 3.14. The average molecular weight is 334 g/mol. The third-order valence-corrected chi connectivity index (χ3v) is 4.70. The Balaban J connectivity index is 1.98. The summed E-state index contributed by atoms with van der Waals surface area (Å²) in [5.74, 6) is 1.21. The lowest BCUT2D eigenvalue weighted by Crippen LogP contribution is -2.42. The van der Waals surface area contributed by atoms with Gasteiger partial charge in [-0.3, -0.25) is 9.59 Å². The fraction of sp³-hybridized carbons (Fsp3) is 0.556. The zero-order chi connectivity index (χ0) is 17.7. The summed E-state index contributed by atoms with van der Waals surface area (Å²) in [7, 11) is 3.22. The maximum Gasteiger partial charge on any atom is 0.223 e. The molecular weight excluding hydrogens is 308 g/mol. The SMILES string of the molecule is COc1ccc(C(C)CC(=O)N2CCC(C(N)=O)CC2)c(OC)c1. The molecule has 6 nitrogen and oxygen atoms in total. The number of nitrogens with zero attached hydrogens (tertiary/aromatic N) is 1. The van der Waals surface area contributed by atoms with Crippen molar-refractivity contribution >= 4 is 11.8 Å². The van der Waals surface area contributed by atoms with Crippen molar-refractivity contribution in [1.29, 1.82) is 0 Å². The number of hydrogen-bond donors (Lipinski definition) is 1. The molecule has 0 spiro atoms. The standard InChI is InChI=1S/C18H26N2O4/c1-12(15-5-4-14(23-2)11-16(15)24-3)10-17(21)20-8-6-13(7-9-20)18(19)22/h4-5,11-13H,6-10H2,1-3H3,(H2,19,22). The lowest BCUT2D eigenvalue weighted by molar-refractivity contribution is -0.135. The second-order valence-corrected chi connectivity index (χ2v) is 6.27. The molecule has 0 bridgehead atoms. The number of carbonyl (C=O) groups is 2. The molecule has 2 rings (SSSR count). The van der Waals surface area contributed by atoms with Crippen LogP contribution in [-0.4, -0.2) is 44.0 Å². The molecule has 1 aliphatic rings. The van der Waals surface area contributed by atoms with Gasteiger partial charge in [-0.15, -0.1) is 0 Å². The van der Waals surface area contributed by atoms with E-state index in [2.05, 4.69) is 0 Å². The van der Waals surface area contributed by atoms with Crippen LogP contribution in [0.2, 0.25) is 0 Å². The van der Waals surface area contributed by atoms with E-state index in [1.165, 1.54) is 0 Å². The molecule has 1 unspecified atom stereocenters. The van der Waals surface area contributed by atoms with Gasteiger partial charge in [0, 0.05) is 31.5 Å². The first-order valence-electron chi connectivity index (χ1n) is 8.25. The Morgan fingerprint density at radius 2 is 1.92 bits per heavy atom. The van der Waals surface area contributed by atoms with E-state index >= 15 is 0 Å². The minimum absolute atomic E-state index is 0.0345. The number of methoxy groups -OCH3 is 2. The van der Waals surface area contributed by atoms with Crippen molar-refractivity contribution in [3.63, 3.8) is 0 Å². The average Bonchev–Trinajstić information content (AvgIpc) is 2.60. The van der Waals surface area contributed by atoms with Gasteiger partial charge in [0.25, 0.3) is 0 Å². The Kier molecular flexibility index (Phi) is 6.06. The predicted molar refractivity (Wildman–Crippen MR) is 91.1 cm³/mol. The minimum atomic E-state index is -0.265. The zero-order valence-electron chi connectivity index (χ0n) is 14.6. The molecule has 0 radical (unpaired) electrons. The summed E-state index contributed by atoms with van der Waals surface area (Å²) in [5.41, 5.74) is 6.32. The largest absolute Gasteiger partial charge is 0.497 e. The predicted octanol–water partition coefficient (Wildman–Crippen LogP) is 1.92. The highest BCUT2D eigenvalue weighted by molar-refractivity contribution is 5.79. The highest BCUT2D eigenvalue weighted by Gasteiger charge is 2.27. The minimum Gasteiger partial charge on any atom is -0.497 e. The Hall–Kier alpha value is -2.24. The van der Waals surface area contributed by atoms with E-state index < -0.39 is 0 Å². The molecule has 0 aromatic heterocycles. The molecular formula is C18H26N2O4. The Labute approximate surface area is 142 Å². The van der Waals surface area contributed by atoms with Gasteiger partial charge in [-0.2, -0.15) is 0 Å². The number of benzene rings is 1. The third-order valence-electron chi connectivity index (χ3n) is 4.70. The summed E-state index contributed by atoms with van der Waals surface area (Å²) in [4.78, 5) is 25.6. The number of nitrogens with two attached hydrogens (primary N) is 1. The van der Waals surface area contributed by atoms with Gasteiger partial charge in [0.2, 0.25) is 11.8 Å². The normalized spacial score (nSPS) is 16.5. The number of amides is 2. The van der Waals surface area contributed by atoms with E-state index in [1.807, 2.05) is 30.0 Å². The Morgan fingerprint density at radius 3 is 2.46 bits per heavy atom. The monoisotopic (exact) mass is 334 g/mol. The van der Waals surface area contributed by atoms with Crippen LogP contribution in [0.1, 0.15) is 37.7 Å². The maximum atomic E-state index is 12.5. The second-order valence-electron chi connectivity index (χ2n) is 6.27. The van der Waals surface area contributed by atoms with Crippen molar-refractivity contribution in [1.82, 2.24) is 4.90 Å². The highest BCUT2D eigenvalue weighted by atomic mass is 16.5. The molecule has 6 heteroatoms. The zero-order valence-corrected chi connectivity index (χ0v) is 14.6. The number of carbonyl (C=O) groups excluding carboxylic acids is 2. The summed E-state index contributed by atoms with van der Waals surface area (Å²) in [6, 6.07) is 5.64. The van der Waals surface area contributed by atoms with Crippen molar-refractivity contribution in [2.75, 3.05) is 27.3 Å². The van der Waals surface area contributed by atoms with Crippen molar-refractivity contribution in [2.24, 2.45) is 11.7 Å². The van der Waals surface area contributed by atoms with Gasteiger partial charge >= 0.3 is 0 Å². The van der Waals surface area contributed by atoms with Crippen LogP contribution in [0.25, 0.3) is 0 Å². The molecule has 1 atom stereocenters. The van der Waals surface area contributed by atoms with E-state index in [9.17, 15) is 9.59 Å². The number of likely N-dealkylation sites (tertiary alicyclic amines) is 1. The fourth-order valence-electron chi connectivity index (χ4n) is 3.14. The molecule has 0 aliphatic carbocycles. The number of ether oxygens (including phenoxy) is 2. The molecule has 1 aromatic carbocycles.